The van der Waals surface area contributed by atoms with Gasteiger partial charge >= 0.3 is 0 Å². The molecule has 1 atom stereocenters. The SMILES string of the molecule is C=CC(=O)NCC(c1ccco1)N1CCCC1. The van der Waals surface area contributed by atoms with Crippen LogP contribution in [0.5, 0.6) is 0 Å². The van der Waals surface area contributed by atoms with Crippen LogP contribution in [0.15, 0.2) is 35.5 Å². The highest BCUT2D eigenvalue weighted by atomic mass is 16.3. The highest BCUT2D eigenvalue weighted by Crippen LogP contribution is 2.24. The van der Waals surface area contributed by atoms with E-state index in [1.54, 1.807) is 6.26 Å². The third-order valence-electron chi connectivity index (χ3n) is 3.11. The summed E-state index contributed by atoms with van der Waals surface area (Å²) < 4.78 is 5.46. The van der Waals surface area contributed by atoms with Crippen LogP contribution < -0.4 is 5.32 Å². The van der Waals surface area contributed by atoms with E-state index in [9.17, 15) is 4.79 Å². The molecule has 17 heavy (non-hydrogen) atoms. The Hall–Kier alpha value is -1.55. The van der Waals surface area contributed by atoms with Crippen molar-refractivity contribution < 1.29 is 9.21 Å². The van der Waals surface area contributed by atoms with E-state index < -0.39 is 0 Å². The Morgan fingerprint density at radius 3 is 2.94 bits per heavy atom. The monoisotopic (exact) mass is 234 g/mol. The molecule has 0 radical (unpaired) electrons. The maximum Gasteiger partial charge on any atom is 0.243 e. The number of rotatable bonds is 5. The minimum atomic E-state index is -0.138. The topological polar surface area (TPSA) is 45.5 Å². The average molecular weight is 234 g/mol. The molecular weight excluding hydrogens is 216 g/mol. The fourth-order valence-electron chi connectivity index (χ4n) is 2.21. The Kier molecular flexibility index (Phi) is 3.98. The van der Waals surface area contributed by atoms with E-state index in [1.807, 2.05) is 12.1 Å². The number of furan rings is 1. The third kappa shape index (κ3) is 2.97. The summed E-state index contributed by atoms with van der Waals surface area (Å²) in [4.78, 5) is 13.6. The molecule has 0 aliphatic carbocycles. The lowest BCUT2D eigenvalue weighted by atomic mass is 10.2. The molecule has 4 nitrogen and oxygen atoms in total. The van der Waals surface area contributed by atoms with Gasteiger partial charge in [-0.05, 0) is 44.1 Å². The minimum Gasteiger partial charge on any atom is -0.468 e. The second kappa shape index (κ2) is 5.68. The molecule has 1 unspecified atom stereocenters. The van der Waals surface area contributed by atoms with Crippen LogP contribution in [-0.2, 0) is 4.79 Å². The van der Waals surface area contributed by atoms with Crippen LogP contribution >= 0.6 is 0 Å². The normalized spacial score (nSPS) is 17.9. The van der Waals surface area contributed by atoms with Gasteiger partial charge in [-0.2, -0.15) is 0 Å². The average Bonchev–Trinajstić information content (AvgIpc) is 3.01. The van der Waals surface area contributed by atoms with Crippen LogP contribution in [0.4, 0.5) is 0 Å². The maximum atomic E-state index is 11.2. The van der Waals surface area contributed by atoms with Crippen molar-refractivity contribution in [3.05, 3.63) is 36.8 Å². The Labute approximate surface area is 101 Å². The Balaban J connectivity index is 2.02. The zero-order valence-corrected chi connectivity index (χ0v) is 9.89. The standard InChI is InChI=1S/C13H18N2O2/c1-2-13(16)14-10-11(12-6-5-9-17-12)15-7-3-4-8-15/h2,5-6,9,11H,1,3-4,7-8,10H2,(H,14,16). The molecule has 2 heterocycles. The fraction of sp³-hybridized carbons (Fsp3) is 0.462. The summed E-state index contributed by atoms with van der Waals surface area (Å²) in [5, 5.41) is 2.84. The molecule has 0 aromatic carbocycles. The number of carbonyl (C=O) groups excluding carboxylic acids is 1. The lowest BCUT2D eigenvalue weighted by Crippen LogP contribution is -2.35. The van der Waals surface area contributed by atoms with Crippen LogP contribution in [0.1, 0.15) is 24.6 Å². The molecule has 1 N–H and O–H groups in total. The minimum absolute atomic E-state index is 0.136. The van der Waals surface area contributed by atoms with Crippen molar-refractivity contribution in [2.24, 2.45) is 0 Å². The molecule has 1 amide bonds. The molecule has 2 rings (SSSR count). The third-order valence-corrected chi connectivity index (χ3v) is 3.11. The van der Waals surface area contributed by atoms with Crippen LogP contribution in [0.3, 0.4) is 0 Å². The second-order valence-electron chi connectivity index (χ2n) is 4.22. The molecule has 92 valence electrons. The van der Waals surface area contributed by atoms with Gasteiger partial charge in [0, 0.05) is 6.54 Å². The molecule has 1 aliphatic heterocycles. The van der Waals surface area contributed by atoms with Crippen LogP contribution in [-0.4, -0.2) is 30.4 Å². The zero-order valence-electron chi connectivity index (χ0n) is 9.89. The number of hydrogen-bond acceptors (Lipinski definition) is 3. The molecule has 1 aromatic heterocycles. The van der Waals surface area contributed by atoms with Crippen molar-refractivity contribution in [2.45, 2.75) is 18.9 Å². The van der Waals surface area contributed by atoms with Gasteiger partial charge in [0.1, 0.15) is 5.76 Å². The highest BCUT2D eigenvalue weighted by Gasteiger charge is 2.25. The number of hydrogen-bond donors (Lipinski definition) is 1. The van der Waals surface area contributed by atoms with E-state index in [1.165, 1.54) is 18.9 Å². The molecule has 1 aromatic rings. The van der Waals surface area contributed by atoms with E-state index in [0.29, 0.717) is 6.54 Å². The van der Waals surface area contributed by atoms with Crippen LogP contribution in [0.25, 0.3) is 0 Å². The first-order valence-electron chi connectivity index (χ1n) is 5.99. The summed E-state index contributed by atoms with van der Waals surface area (Å²) in [6, 6.07) is 3.98. The first-order chi connectivity index (χ1) is 8.31. The Morgan fingerprint density at radius 2 is 2.35 bits per heavy atom. The summed E-state index contributed by atoms with van der Waals surface area (Å²) in [6.07, 6.45) is 5.40. The van der Waals surface area contributed by atoms with Gasteiger partial charge in [0.25, 0.3) is 0 Å². The number of nitrogens with zero attached hydrogens (tertiary/aromatic N) is 1. The quantitative estimate of drug-likeness (QED) is 0.789. The molecule has 1 saturated heterocycles. The van der Waals surface area contributed by atoms with Crippen molar-refractivity contribution in [2.75, 3.05) is 19.6 Å². The summed E-state index contributed by atoms with van der Waals surface area (Å²) in [5.74, 6) is 0.775. The number of nitrogens with one attached hydrogen (secondary N) is 1. The Bertz CT molecular complexity index is 367. The van der Waals surface area contributed by atoms with Gasteiger partial charge in [-0.15, -0.1) is 0 Å². The molecule has 1 fully saturated rings. The maximum absolute atomic E-state index is 11.2. The van der Waals surface area contributed by atoms with Gasteiger partial charge in [-0.3, -0.25) is 9.69 Å². The van der Waals surface area contributed by atoms with Crippen molar-refractivity contribution in [1.29, 1.82) is 0 Å². The molecule has 0 bridgehead atoms. The summed E-state index contributed by atoms with van der Waals surface area (Å²) >= 11 is 0. The van der Waals surface area contributed by atoms with Gasteiger partial charge < -0.3 is 9.73 Å². The van der Waals surface area contributed by atoms with E-state index in [2.05, 4.69) is 16.8 Å². The van der Waals surface area contributed by atoms with E-state index in [4.69, 9.17) is 4.42 Å². The van der Waals surface area contributed by atoms with Crippen molar-refractivity contribution in [3.63, 3.8) is 0 Å². The summed E-state index contributed by atoms with van der Waals surface area (Å²) in [5.41, 5.74) is 0. The first-order valence-corrected chi connectivity index (χ1v) is 5.99. The van der Waals surface area contributed by atoms with Gasteiger partial charge in [-0.25, -0.2) is 0 Å². The fourth-order valence-corrected chi connectivity index (χ4v) is 2.21. The van der Waals surface area contributed by atoms with Gasteiger partial charge in [0.15, 0.2) is 0 Å². The first kappa shape index (κ1) is 11.9. The second-order valence-corrected chi connectivity index (χ2v) is 4.22. The molecule has 1 aliphatic rings. The lowest BCUT2D eigenvalue weighted by molar-refractivity contribution is -0.116. The molecule has 0 saturated carbocycles. The number of amides is 1. The van der Waals surface area contributed by atoms with E-state index in [-0.39, 0.29) is 11.9 Å². The zero-order chi connectivity index (χ0) is 12.1. The van der Waals surface area contributed by atoms with Gasteiger partial charge in [0.2, 0.25) is 5.91 Å². The highest BCUT2D eigenvalue weighted by molar-refractivity contribution is 5.86. The smallest absolute Gasteiger partial charge is 0.243 e. The largest absolute Gasteiger partial charge is 0.468 e. The molecular formula is C13H18N2O2. The van der Waals surface area contributed by atoms with Gasteiger partial charge in [0.05, 0.1) is 12.3 Å². The predicted molar refractivity (Wildman–Crippen MR) is 65.5 cm³/mol. The number of likely N-dealkylation sites (tertiary alicyclic amines) is 1. The lowest BCUT2D eigenvalue weighted by Gasteiger charge is -2.25. The summed E-state index contributed by atoms with van der Waals surface area (Å²) in [6.45, 7) is 6.15. The van der Waals surface area contributed by atoms with Gasteiger partial charge in [-0.1, -0.05) is 6.58 Å². The van der Waals surface area contributed by atoms with E-state index >= 15 is 0 Å². The Morgan fingerprint density at radius 1 is 1.59 bits per heavy atom. The number of carbonyl (C=O) groups is 1. The predicted octanol–water partition coefficient (Wildman–Crippen LogP) is 1.72. The molecule has 4 heteroatoms. The molecule has 0 spiro atoms. The summed E-state index contributed by atoms with van der Waals surface area (Å²) in [7, 11) is 0. The van der Waals surface area contributed by atoms with Crippen LogP contribution in [0, 0.1) is 0 Å². The van der Waals surface area contributed by atoms with Crippen molar-refractivity contribution >= 4 is 5.91 Å². The van der Waals surface area contributed by atoms with Crippen LogP contribution in [0.2, 0.25) is 0 Å². The van der Waals surface area contributed by atoms with Crippen molar-refractivity contribution in [3.8, 4) is 0 Å². The van der Waals surface area contributed by atoms with E-state index in [0.717, 1.165) is 18.8 Å². The van der Waals surface area contributed by atoms with Crippen molar-refractivity contribution in [1.82, 2.24) is 10.2 Å².